The Labute approximate surface area is 110 Å². The predicted molar refractivity (Wildman–Crippen MR) is 70.1 cm³/mol. The summed E-state index contributed by atoms with van der Waals surface area (Å²) < 4.78 is 0. The van der Waals surface area contributed by atoms with E-state index in [1.165, 1.54) is 7.05 Å². The molecule has 0 saturated carbocycles. The molecule has 0 aliphatic heterocycles. The number of halogens is 2. The van der Waals surface area contributed by atoms with Gasteiger partial charge in [0.1, 0.15) is 0 Å². The summed E-state index contributed by atoms with van der Waals surface area (Å²) in [5, 5.41) is 15.2. The van der Waals surface area contributed by atoms with Gasteiger partial charge in [-0.05, 0) is 18.2 Å². The topological polar surface area (TPSA) is 61.4 Å². The van der Waals surface area contributed by atoms with Gasteiger partial charge in [-0.25, -0.2) is 0 Å². The van der Waals surface area contributed by atoms with Gasteiger partial charge >= 0.3 is 0 Å². The lowest BCUT2D eigenvalue weighted by Gasteiger charge is -2.11. The molecule has 17 heavy (non-hydrogen) atoms. The molecule has 1 amide bonds. The van der Waals surface area contributed by atoms with Gasteiger partial charge in [0.2, 0.25) is 0 Å². The van der Waals surface area contributed by atoms with E-state index in [0.29, 0.717) is 22.8 Å². The number of hydrogen-bond donors (Lipinski definition) is 3. The number of aliphatic hydroxyl groups is 1. The van der Waals surface area contributed by atoms with E-state index in [0.717, 1.165) is 0 Å². The largest absolute Gasteiger partial charge is 0.390 e. The van der Waals surface area contributed by atoms with Gasteiger partial charge in [0, 0.05) is 19.3 Å². The number of alkyl halides is 1. The molecule has 1 rings (SSSR count). The van der Waals surface area contributed by atoms with Gasteiger partial charge in [0.25, 0.3) is 5.91 Å². The number of benzene rings is 1. The summed E-state index contributed by atoms with van der Waals surface area (Å²) >= 11 is 11.4. The number of carbonyl (C=O) groups is 1. The van der Waals surface area contributed by atoms with E-state index in [-0.39, 0.29) is 11.8 Å². The van der Waals surface area contributed by atoms with Gasteiger partial charge in [0.05, 0.1) is 22.6 Å². The van der Waals surface area contributed by atoms with Crippen LogP contribution >= 0.6 is 23.2 Å². The minimum atomic E-state index is -0.629. The fourth-order valence-corrected chi connectivity index (χ4v) is 1.55. The molecule has 0 saturated heterocycles. The number of rotatable bonds is 5. The Morgan fingerprint density at radius 1 is 1.53 bits per heavy atom. The van der Waals surface area contributed by atoms with E-state index in [1.807, 2.05) is 0 Å². The Bertz CT molecular complexity index is 399. The molecule has 0 aliphatic rings. The zero-order chi connectivity index (χ0) is 12.8. The van der Waals surface area contributed by atoms with Crippen molar-refractivity contribution >= 4 is 34.8 Å². The third-order valence-electron chi connectivity index (χ3n) is 2.16. The van der Waals surface area contributed by atoms with Crippen LogP contribution in [0.5, 0.6) is 0 Å². The van der Waals surface area contributed by atoms with Crippen molar-refractivity contribution in [1.29, 1.82) is 0 Å². The highest BCUT2D eigenvalue weighted by Crippen LogP contribution is 2.20. The van der Waals surface area contributed by atoms with Crippen LogP contribution in [0.15, 0.2) is 18.2 Å². The van der Waals surface area contributed by atoms with Crippen molar-refractivity contribution in [2.45, 2.75) is 6.10 Å². The summed E-state index contributed by atoms with van der Waals surface area (Å²) in [7, 11) is 1.54. The Hall–Kier alpha value is -0.970. The summed E-state index contributed by atoms with van der Waals surface area (Å²) in [6.07, 6.45) is -0.629. The van der Waals surface area contributed by atoms with Gasteiger partial charge in [-0.3, -0.25) is 4.79 Å². The summed E-state index contributed by atoms with van der Waals surface area (Å²) in [5.41, 5.74) is 1.09. The van der Waals surface area contributed by atoms with Crippen LogP contribution in [0, 0.1) is 0 Å². The molecule has 0 fully saturated rings. The normalized spacial score (nSPS) is 12.0. The Balaban J connectivity index is 2.78. The number of anilines is 1. The van der Waals surface area contributed by atoms with E-state index in [2.05, 4.69) is 10.6 Å². The maximum atomic E-state index is 11.5. The molecule has 3 N–H and O–H groups in total. The molecule has 0 aromatic heterocycles. The Kier molecular flexibility index (Phi) is 5.55. The molecule has 0 aliphatic carbocycles. The highest BCUT2D eigenvalue weighted by atomic mass is 35.5. The molecular weight excluding hydrogens is 263 g/mol. The van der Waals surface area contributed by atoms with Crippen LogP contribution < -0.4 is 10.6 Å². The fourth-order valence-electron chi connectivity index (χ4n) is 1.23. The first kappa shape index (κ1) is 14.1. The fraction of sp³-hybridized carbons (Fsp3) is 0.364. The Morgan fingerprint density at radius 2 is 2.24 bits per heavy atom. The molecule has 0 heterocycles. The zero-order valence-corrected chi connectivity index (χ0v) is 10.8. The number of aliphatic hydroxyl groups excluding tert-OH is 1. The van der Waals surface area contributed by atoms with Gasteiger partial charge in [-0.1, -0.05) is 11.6 Å². The van der Waals surface area contributed by atoms with Crippen LogP contribution in [0.4, 0.5) is 5.69 Å². The molecule has 1 aromatic rings. The number of amides is 1. The van der Waals surface area contributed by atoms with Crippen molar-refractivity contribution in [2.24, 2.45) is 0 Å². The first-order valence-corrected chi connectivity index (χ1v) is 5.99. The molecule has 0 spiro atoms. The highest BCUT2D eigenvalue weighted by Gasteiger charge is 2.10. The van der Waals surface area contributed by atoms with Crippen LogP contribution in [0.1, 0.15) is 10.4 Å². The third kappa shape index (κ3) is 4.07. The average Bonchev–Trinajstić information content (AvgIpc) is 2.36. The highest BCUT2D eigenvalue weighted by molar-refractivity contribution is 6.34. The van der Waals surface area contributed by atoms with E-state index < -0.39 is 6.10 Å². The first-order valence-electron chi connectivity index (χ1n) is 5.08. The van der Waals surface area contributed by atoms with Crippen molar-refractivity contribution in [3.63, 3.8) is 0 Å². The smallest absolute Gasteiger partial charge is 0.252 e. The van der Waals surface area contributed by atoms with Gasteiger partial charge in [-0.15, -0.1) is 11.6 Å². The molecule has 1 unspecified atom stereocenters. The second-order valence-corrected chi connectivity index (χ2v) is 4.18. The van der Waals surface area contributed by atoms with Crippen LogP contribution in [-0.2, 0) is 0 Å². The van der Waals surface area contributed by atoms with E-state index >= 15 is 0 Å². The minimum absolute atomic E-state index is 0.156. The van der Waals surface area contributed by atoms with Crippen LogP contribution in [0.25, 0.3) is 0 Å². The standard InChI is InChI=1S/C11H14Cl2N2O2/c1-14-11(17)9-4-7(2-3-10(9)13)15-6-8(16)5-12/h2-4,8,15-16H,5-6H2,1H3,(H,14,17). The maximum Gasteiger partial charge on any atom is 0.252 e. The molecule has 1 aromatic carbocycles. The number of carbonyl (C=O) groups excluding carboxylic acids is 1. The van der Waals surface area contributed by atoms with E-state index in [4.69, 9.17) is 23.2 Å². The quantitative estimate of drug-likeness (QED) is 0.718. The lowest BCUT2D eigenvalue weighted by atomic mass is 10.2. The van der Waals surface area contributed by atoms with E-state index in [1.54, 1.807) is 18.2 Å². The zero-order valence-electron chi connectivity index (χ0n) is 9.34. The molecule has 1 atom stereocenters. The van der Waals surface area contributed by atoms with Crippen LogP contribution in [-0.4, -0.2) is 36.6 Å². The molecule has 4 nitrogen and oxygen atoms in total. The second-order valence-electron chi connectivity index (χ2n) is 3.46. The van der Waals surface area contributed by atoms with Crippen molar-refractivity contribution < 1.29 is 9.90 Å². The lowest BCUT2D eigenvalue weighted by Crippen LogP contribution is -2.21. The van der Waals surface area contributed by atoms with Crippen molar-refractivity contribution in [3.8, 4) is 0 Å². The minimum Gasteiger partial charge on any atom is -0.390 e. The molecular formula is C11H14Cl2N2O2. The Morgan fingerprint density at radius 3 is 2.82 bits per heavy atom. The van der Waals surface area contributed by atoms with E-state index in [9.17, 15) is 9.90 Å². The van der Waals surface area contributed by atoms with Crippen molar-refractivity contribution in [3.05, 3.63) is 28.8 Å². The summed E-state index contributed by atoms with van der Waals surface area (Å²) in [4.78, 5) is 11.5. The number of hydrogen-bond acceptors (Lipinski definition) is 3. The number of nitrogens with one attached hydrogen (secondary N) is 2. The van der Waals surface area contributed by atoms with Crippen LogP contribution in [0.2, 0.25) is 5.02 Å². The maximum absolute atomic E-state index is 11.5. The molecule has 0 bridgehead atoms. The molecule has 0 radical (unpaired) electrons. The van der Waals surface area contributed by atoms with Gasteiger partial charge < -0.3 is 15.7 Å². The predicted octanol–water partition coefficient (Wildman–Crippen LogP) is 1.71. The summed E-state index contributed by atoms with van der Waals surface area (Å²) in [6, 6.07) is 4.99. The molecule has 94 valence electrons. The monoisotopic (exact) mass is 276 g/mol. The summed E-state index contributed by atoms with van der Waals surface area (Å²) in [5.74, 6) is -0.0976. The van der Waals surface area contributed by atoms with Crippen molar-refractivity contribution in [1.82, 2.24) is 5.32 Å². The molecule has 6 heteroatoms. The summed E-state index contributed by atoms with van der Waals surface area (Å²) in [6.45, 7) is 0.318. The average molecular weight is 277 g/mol. The van der Waals surface area contributed by atoms with Crippen molar-refractivity contribution in [2.75, 3.05) is 24.8 Å². The second kappa shape index (κ2) is 6.69. The van der Waals surface area contributed by atoms with Crippen LogP contribution in [0.3, 0.4) is 0 Å². The SMILES string of the molecule is CNC(=O)c1cc(NCC(O)CCl)ccc1Cl. The lowest BCUT2D eigenvalue weighted by molar-refractivity contribution is 0.0963. The first-order chi connectivity index (χ1) is 8.08. The third-order valence-corrected chi connectivity index (χ3v) is 2.84. The van der Waals surface area contributed by atoms with Gasteiger partial charge in [0.15, 0.2) is 0 Å². The van der Waals surface area contributed by atoms with Gasteiger partial charge in [-0.2, -0.15) is 0 Å².